The maximum Gasteiger partial charge on any atom is 0.332 e. The fraction of sp³-hybridized carbons (Fsp3) is 0.643. The lowest BCUT2D eigenvalue weighted by Gasteiger charge is -2.13. The Balaban J connectivity index is 2.49. The van der Waals surface area contributed by atoms with Crippen molar-refractivity contribution in [1.29, 1.82) is 0 Å². The van der Waals surface area contributed by atoms with Gasteiger partial charge in [0.2, 0.25) is 0 Å². The minimum Gasteiger partial charge on any atom is -0.394 e. The van der Waals surface area contributed by atoms with Gasteiger partial charge >= 0.3 is 5.69 Å². The molecule has 0 aliphatic heterocycles. The van der Waals surface area contributed by atoms with E-state index in [2.05, 4.69) is 4.98 Å². The Hall–Kier alpha value is -1.97. The van der Waals surface area contributed by atoms with Crippen LogP contribution in [0.25, 0.3) is 11.2 Å². The molecular weight excluding hydrogens is 302 g/mol. The van der Waals surface area contributed by atoms with Gasteiger partial charge in [0, 0.05) is 13.6 Å². The zero-order chi connectivity index (χ0) is 17.1. The van der Waals surface area contributed by atoms with Crippen molar-refractivity contribution in [1.82, 2.24) is 23.6 Å². The lowest BCUT2D eigenvalue weighted by molar-refractivity contribution is 0.0820. The van der Waals surface area contributed by atoms with Gasteiger partial charge in [0.1, 0.15) is 0 Å². The van der Waals surface area contributed by atoms with Crippen LogP contribution in [-0.4, -0.2) is 67.1 Å². The van der Waals surface area contributed by atoms with Crippen molar-refractivity contribution in [2.45, 2.75) is 25.6 Å². The first-order valence-corrected chi connectivity index (χ1v) is 7.45. The molecule has 0 spiro atoms. The van der Waals surface area contributed by atoms with E-state index in [1.165, 1.54) is 20.0 Å². The third kappa shape index (κ3) is 3.52. The van der Waals surface area contributed by atoms with Crippen molar-refractivity contribution in [3.8, 4) is 0 Å². The summed E-state index contributed by atoms with van der Waals surface area (Å²) in [7, 11) is 5.41. The van der Waals surface area contributed by atoms with Gasteiger partial charge in [0.25, 0.3) is 5.56 Å². The van der Waals surface area contributed by atoms with E-state index in [9.17, 15) is 14.7 Å². The molecule has 0 aliphatic carbocycles. The van der Waals surface area contributed by atoms with Gasteiger partial charge in [-0.25, -0.2) is 9.78 Å². The molecule has 9 heteroatoms. The molecule has 2 rings (SSSR count). The summed E-state index contributed by atoms with van der Waals surface area (Å²) >= 11 is 0. The van der Waals surface area contributed by atoms with Crippen LogP contribution >= 0.6 is 0 Å². The van der Waals surface area contributed by atoms with E-state index in [1.807, 2.05) is 19.0 Å². The van der Waals surface area contributed by atoms with E-state index in [1.54, 1.807) is 7.05 Å². The average molecular weight is 325 g/mol. The predicted octanol–water partition coefficient (Wildman–Crippen LogP) is -1.80. The van der Waals surface area contributed by atoms with Crippen LogP contribution in [0.4, 0.5) is 0 Å². The smallest absolute Gasteiger partial charge is 0.332 e. The standard InChI is InChI=1S/C14H23N5O4/c1-16(2)5-4-6-19-13(22)11-12(17(3)14(19)23)15-9-18(11)7-10(21)8-20/h9-10,20-21H,4-8H2,1-3H3. The Labute approximate surface area is 133 Å². The average Bonchev–Trinajstić information content (AvgIpc) is 2.92. The first-order valence-electron chi connectivity index (χ1n) is 7.45. The lowest BCUT2D eigenvalue weighted by atomic mass is 10.3. The predicted molar refractivity (Wildman–Crippen MR) is 85.5 cm³/mol. The summed E-state index contributed by atoms with van der Waals surface area (Å²) in [5.74, 6) is 0. The Bertz CT molecular complexity index is 789. The second-order valence-electron chi connectivity index (χ2n) is 5.86. The molecule has 9 nitrogen and oxygen atoms in total. The van der Waals surface area contributed by atoms with E-state index >= 15 is 0 Å². The van der Waals surface area contributed by atoms with Crippen LogP contribution in [0.2, 0.25) is 0 Å². The van der Waals surface area contributed by atoms with E-state index < -0.39 is 24.0 Å². The van der Waals surface area contributed by atoms with Crippen molar-refractivity contribution in [3.63, 3.8) is 0 Å². The van der Waals surface area contributed by atoms with Gasteiger partial charge in [0.05, 0.1) is 25.6 Å². The van der Waals surface area contributed by atoms with Crippen LogP contribution in [0.5, 0.6) is 0 Å². The second-order valence-corrected chi connectivity index (χ2v) is 5.86. The highest BCUT2D eigenvalue weighted by Gasteiger charge is 2.17. The molecule has 23 heavy (non-hydrogen) atoms. The topological polar surface area (TPSA) is 106 Å². The minimum atomic E-state index is -0.994. The zero-order valence-electron chi connectivity index (χ0n) is 13.6. The number of aliphatic hydroxyl groups excluding tert-OH is 2. The summed E-state index contributed by atoms with van der Waals surface area (Å²) in [6.45, 7) is 0.698. The van der Waals surface area contributed by atoms with Crippen molar-refractivity contribution in [2.75, 3.05) is 27.2 Å². The SMILES string of the molecule is CN(C)CCCn1c(=O)c2c(ncn2CC(O)CO)n(C)c1=O. The number of aliphatic hydroxyl groups is 2. The molecule has 2 N–H and O–H groups in total. The monoisotopic (exact) mass is 325 g/mol. The van der Waals surface area contributed by atoms with Gasteiger partial charge < -0.3 is 19.7 Å². The van der Waals surface area contributed by atoms with E-state index in [4.69, 9.17) is 5.11 Å². The number of hydrogen-bond donors (Lipinski definition) is 2. The van der Waals surface area contributed by atoms with Gasteiger partial charge in [-0.2, -0.15) is 0 Å². The highest BCUT2D eigenvalue weighted by atomic mass is 16.3. The second kappa shape index (κ2) is 7.07. The van der Waals surface area contributed by atoms with E-state index in [0.717, 1.165) is 6.54 Å². The molecule has 128 valence electrons. The molecule has 0 bridgehead atoms. The van der Waals surface area contributed by atoms with Crippen LogP contribution in [0, 0.1) is 0 Å². The molecule has 0 saturated carbocycles. The Morgan fingerprint density at radius 1 is 1.35 bits per heavy atom. The molecule has 1 atom stereocenters. The van der Waals surface area contributed by atoms with Gasteiger partial charge in [-0.05, 0) is 27.1 Å². The van der Waals surface area contributed by atoms with Crippen LogP contribution in [0.1, 0.15) is 6.42 Å². The molecule has 0 aromatic carbocycles. The molecule has 1 unspecified atom stereocenters. The summed E-state index contributed by atoms with van der Waals surface area (Å²) in [6, 6.07) is 0. The highest BCUT2D eigenvalue weighted by Crippen LogP contribution is 2.06. The van der Waals surface area contributed by atoms with Gasteiger partial charge in [-0.3, -0.25) is 13.9 Å². The van der Waals surface area contributed by atoms with Crippen LogP contribution in [0.15, 0.2) is 15.9 Å². The van der Waals surface area contributed by atoms with Gasteiger partial charge in [-0.1, -0.05) is 0 Å². The number of imidazole rings is 1. The highest BCUT2D eigenvalue weighted by molar-refractivity contribution is 5.69. The van der Waals surface area contributed by atoms with Gasteiger partial charge in [0.15, 0.2) is 11.2 Å². The number of rotatable bonds is 7. The first kappa shape index (κ1) is 17.4. The minimum absolute atomic E-state index is 0.0398. The summed E-state index contributed by atoms with van der Waals surface area (Å²) in [4.78, 5) is 31.1. The first-order chi connectivity index (χ1) is 10.9. The molecule has 2 aromatic rings. The maximum absolute atomic E-state index is 12.7. The van der Waals surface area contributed by atoms with E-state index in [0.29, 0.717) is 13.0 Å². The molecule has 0 saturated heterocycles. The zero-order valence-corrected chi connectivity index (χ0v) is 13.6. The Morgan fingerprint density at radius 2 is 2.04 bits per heavy atom. The van der Waals surface area contributed by atoms with E-state index in [-0.39, 0.29) is 17.7 Å². The molecule has 0 radical (unpaired) electrons. The van der Waals surface area contributed by atoms with Gasteiger partial charge in [-0.15, -0.1) is 0 Å². The molecule has 0 fully saturated rings. The molecule has 2 heterocycles. The lowest BCUT2D eigenvalue weighted by Crippen LogP contribution is -2.40. The number of aryl methyl sites for hydroxylation is 1. The fourth-order valence-electron chi connectivity index (χ4n) is 2.49. The largest absolute Gasteiger partial charge is 0.394 e. The summed E-state index contributed by atoms with van der Waals surface area (Å²) in [6.07, 6.45) is 1.07. The molecule has 0 amide bonds. The van der Waals surface area contributed by atoms with Crippen LogP contribution < -0.4 is 11.2 Å². The van der Waals surface area contributed by atoms with Crippen molar-refractivity contribution >= 4 is 11.2 Å². The fourth-order valence-corrected chi connectivity index (χ4v) is 2.49. The Kier molecular flexibility index (Phi) is 5.34. The molecular formula is C14H23N5O4. The summed E-state index contributed by atoms with van der Waals surface area (Å²) < 4.78 is 3.99. The summed E-state index contributed by atoms with van der Waals surface area (Å²) in [5.41, 5.74) is -0.308. The number of hydrogen-bond acceptors (Lipinski definition) is 6. The van der Waals surface area contributed by atoms with Crippen LogP contribution in [0.3, 0.4) is 0 Å². The van der Waals surface area contributed by atoms with Crippen molar-refractivity contribution in [2.24, 2.45) is 7.05 Å². The molecule has 0 aliphatic rings. The normalized spacial score (nSPS) is 13.1. The third-order valence-corrected chi connectivity index (χ3v) is 3.71. The summed E-state index contributed by atoms with van der Waals surface area (Å²) in [5, 5.41) is 18.6. The Morgan fingerprint density at radius 3 is 2.65 bits per heavy atom. The van der Waals surface area contributed by atoms with Crippen molar-refractivity contribution < 1.29 is 10.2 Å². The number of aromatic nitrogens is 4. The maximum atomic E-state index is 12.7. The number of nitrogens with zero attached hydrogens (tertiary/aromatic N) is 5. The van der Waals surface area contributed by atoms with Crippen molar-refractivity contribution in [3.05, 3.63) is 27.2 Å². The quantitative estimate of drug-likeness (QED) is 0.622. The third-order valence-electron chi connectivity index (χ3n) is 3.71. The number of fused-ring (bicyclic) bond motifs is 1. The molecule has 2 aromatic heterocycles. The van der Waals surface area contributed by atoms with Crippen LogP contribution in [-0.2, 0) is 20.1 Å².